The highest BCUT2D eigenvalue weighted by Crippen LogP contribution is 2.47. The van der Waals surface area contributed by atoms with Crippen LogP contribution in [0.3, 0.4) is 0 Å². The molecule has 0 saturated carbocycles. The highest BCUT2D eigenvalue weighted by atomic mass is 79.9. The molecule has 0 spiro atoms. The fourth-order valence-electron chi connectivity index (χ4n) is 2.76. The topological polar surface area (TPSA) is 81.8 Å². The van der Waals surface area contributed by atoms with Crippen LogP contribution in [0, 0.1) is 0 Å². The molecule has 0 aliphatic heterocycles. The van der Waals surface area contributed by atoms with Crippen LogP contribution in [0.25, 0.3) is 11.1 Å². The predicted octanol–water partition coefficient (Wildman–Crippen LogP) is 3.37. The smallest absolute Gasteiger partial charge is 0.355 e. The number of ether oxygens (including phenoxy) is 4. The van der Waals surface area contributed by atoms with Crippen molar-refractivity contribution in [1.29, 1.82) is 0 Å². The number of esters is 1. The largest absolute Gasteiger partial charge is 0.493 e. The fraction of sp³-hybridized carbons (Fsp3) is 0.389. The third kappa shape index (κ3) is 3.66. The van der Waals surface area contributed by atoms with Gasteiger partial charge in [0.2, 0.25) is 5.75 Å². The Morgan fingerprint density at radius 2 is 1.85 bits per heavy atom. The Bertz CT molecular complexity index is 788. The Hall–Kier alpha value is -2.19. The summed E-state index contributed by atoms with van der Waals surface area (Å²) in [5.74, 6) is 1.12. The van der Waals surface area contributed by atoms with Crippen molar-refractivity contribution >= 4 is 21.9 Å². The van der Waals surface area contributed by atoms with Crippen molar-refractivity contribution in [1.82, 2.24) is 10.3 Å². The minimum Gasteiger partial charge on any atom is -0.493 e. The minimum absolute atomic E-state index is 0.292. The number of carbonyl (C=O) groups is 1. The number of benzene rings is 1. The van der Waals surface area contributed by atoms with E-state index >= 15 is 0 Å². The van der Waals surface area contributed by atoms with Gasteiger partial charge in [0.25, 0.3) is 0 Å². The van der Waals surface area contributed by atoms with E-state index in [1.165, 1.54) is 0 Å². The molecule has 0 unspecified atom stereocenters. The lowest BCUT2D eigenvalue weighted by Crippen LogP contribution is -2.08. The highest BCUT2D eigenvalue weighted by Gasteiger charge is 2.26. The maximum atomic E-state index is 12.3. The summed E-state index contributed by atoms with van der Waals surface area (Å²) in [4.78, 5) is 15.4. The van der Waals surface area contributed by atoms with Gasteiger partial charge in [-0.15, -0.1) is 0 Å². The van der Waals surface area contributed by atoms with Crippen LogP contribution in [0.15, 0.2) is 16.6 Å². The zero-order chi connectivity index (χ0) is 19.3. The summed E-state index contributed by atoms with van der Waals surface area (Å²) in [5, 5.41) is 3.09. The number of H-pyrrole nitrogens is 1. The molecule has 1 heterocycles. The second-order valence-corrected chi connectivity index (χ2v) is 6.09. The van der Waals surface area contributed by atoms with Crippen LogP contribution in [0.1, 0.15) is 23.1 Å². The van der Waals surface area contributed by atoms with E-state index in [2.05, 4.69) is 26.2 Å². The molecule has 0 atom stereocenters. The van der Waals surface area contributed by atoms with Crippen molar-refractivity contribution in [3.8, 4) is 28.4 Å². The SMILES string of the molecule is CCOC(=O)c1[nH]c(CNC)c(-c2ccc(OC)c(OC)c2OC)c1Br. The van der Waals surface area contributed by atoms with E-state index < -0.39 is 5.97 Å². The molecule has 142 valence electrons. The fourth-order valence-corrected chi connectivity index (χ4v) is 3.47. The molecule has 1 aromatic carbocycles. The van der Waals surface area contributed by atoms with E-state index in [-0.39, 0.29) is 0 Å². The number of methoxy groups -OCH3 is 3. The summed E-state index contributed by atoms with van der Waals surface area (Å²) in [6.07, 6.45) is 0. The van der Waals surface area contributed by atoms with Gasteiger partial charge in [-0.05, 0) is 42.0 Å². The molecule has 8 heteroatoms. The molecule has 0 fully saturated rings. The molecule has 2 aromatic rings. The van der Waals surface area contributed by atoms with Gasteiger partial charge in [0, 0.05) is 23.4 Å². The summed E-state index contributed by atoms with van der Waals surface area (Å²) >= 11 is 3.54. The van der Waals surface area contributed by atoms with E-state index in [0.29, 0.717) is 40.6 Å². The first kappa shape index (κ1) is 20.1. The maximum absolute atomic E-state index is 12.3. The molecule has 1 aromatic heterocycles. The van der Waals surface area contributed by atoms with Gasteiger partial charge in [0.1, 0.15) is 5.69 Å². The number of halogens is 1. The predicted molar refractivity (Wildman–Crippen MR) is 102 cm³/mol. The van der Waals surface area contributed by atoms with Crippen LogP contribution in [0.4, 0.5) is 0 Å². The monoisotopic (exact) mass is 426 g/mol. The Kier molecular flexibility index (Phi) is 6.93. The van der Waals surface area contributed by atoms with Crippen LogP contribution in [-0.4, -0.2) is 45.9 Å². The first-order valence-corrected chi connectivity index (χ1v) is 8.84. The number of aromatic nitrogens is 1. The Morgan fingerprint density at radius 3 is 2.38 bits per heavy atom. The Balaban J connectivity index is 2.73. The lowest BCUT2D eigenvalue weighted by molar-refractivity contribution is 0.0519. The van der Waals surface area contributed by atoms with E-state index in [1.54, 1.807) is 34.3 Å². The molecule has 0 aliphatic carbocycles. The van der Waals surface area contributed by atoms with Crippen molar-refractivity contribution in [2.75, 3.05) is 35.0 Å². The third-order valence-corrected chi connectivity index (χ3v) is 4.62. The molecule has 0 aliphatic rings. The molecule has 0 bridgehead atoms. The van der Waals surface area contributed by atoms with Crippen molar-refractivity contribution in [3.05, 3.63) is 28.0 Å². The average molecular weight is 427 g/mol. The van der Waals surface area contributed by atoms with Gasteiger partial charge >= 0.3 is 5.97 Å². The van der Waals surface area contributed by atoms with Gasteiger partial charge in [-0.25, -0.2) is 4.79 Å². The molecule has 2 N–H and O–H groups in total. The lowest BCUT2D eigenvalue weighted by Gasteiger charge is -2.16. The second kappa shape index (κ2) is 8.95. The van der Waals surface area contributed by atoms with Gasteiger partial charge in [0.05, 0.1) is 32.4 Å². The standard InChI is InChI=1S/C18H23BrN2O5/c1-6-26-18(22)15-14(19)13(11(21-15)9-20-2)10-7-8-12(23-3)17(25-5)16(10)24-4/h7-8,20-21H,6,9H2,1-5H3. The van der Waals surface area contributed by atoms with Gasteiger partial charge in [0.15, 0.2) is 11.5 Å². The minimum atomic E-state index is -0.428. The lowest BCUT2D eigenvalue weighted by atomic mass is 10.0. The number of nitrogens with one attached hydrogen (secondary N) is 2. The summed E-state index contributed by atoms with van der Waals surface area (Å²) in [6.45, 7) is 2.58. The normalized spacial score (nSPS) is 10.5. The van der Waals surface area contributed by atoms with Crippen molar-refractivity contribution < 1.29 is 23.7 Å². The van der Waals surface area contributed by atoms with Gasteiger partial charge in [-0.3, -0.25) is 0 Å². The second-order valence-electron chi connectivity index (χ2n) is 5.30. The Morgan fingerprint density at radius 1 is 1.15 bits per heavy atom. The summed E-state index contributed by atoms with van der Waals surface area (Å²) < 4.78 is 22.1. The van der Waals surface area contributed by atoms with Crippen molar-refractivity contribution in [2.45, 2.75) is 13.5 Å². The third-order valence-electron chi connectivity index (χ3n) is 3.82. The number of carbonyl (C=O) groups excluding carboxylic acids is 1. The van der Waals surface area contributed by atoms with Crippen LogP contribution >= 0.6 is 15.9 Å². The van der Waals surface area contributed by atoms with Gasteiger partial charge in [-0.2, -0.15) is 0 Å². The van der Waals surface area contributed by atoms with Crippen LogP contribution in [-0.2, 0) is 11.3 Å². The van der Waals surface area contributed by atoms with Crippen LogP contribution in [0.2, 0.25) is 0 Å². The Labute approximate surface area is 161 Å². The molecule has 0 saturated heterocycles. The van der Waals surface area contributed by atoms with E-state index in [0.717, 1.165) is 16.8 Å². The first-order valence-electron chi connectivity index (χ1n) is 8.05. The van der Waals surface area contributed by atoms with E-state index in [9.17, 15) is 4.79 Å². The van der Waals surface area contributed by atoms with Crippen LogP contribution in [0.5, 0.6) is 17.2 Å². The molecular weight excluding hydrogens is 404 g/mol. The number of aromatic amines is 1. The summed E-state index contributed by atoms with van der Waals surface area (Å²) in [5.41, 5.74) is 2.71. The highest BCUT2D eigenvalue weighted by molar-refractivity contribution is 9.10. The average Bonchev–Trinajstić information content (AvgIpc) is 2.96. The summed E-state index contributed by atoms with van der Waals surface area (Å²) in [6, 6.07) is 3.66. The molecule has 2 rings (SSSR count). The van der Waals surface area contributed by atoms with Crippen molar-refractivity contribution in [2.24, 2.45) is 0 Å². The number of hydrogen-bond donors (Lipinski definition) is 2. The molecule has 7 nitrogen and oxygen atoms in total. The van der Waals surface area contributed by atoms with E-state index in [4.69, 9.17) is 18.9 Å². The van der Waals surface area contributed by atoms with E-state index in [1.807, 2.05) is 13.1 Å². The molecule has 0 amide bonds. The van der Waals surface area contributed by atoms with Gasteiger partial charge in [-0.1, -0.05) is 0 Å². The number of hydrogen-bond acceptors (Lipinski definition) is 6. The molecule has 26 heavy (non-hydrogen) atoms. The quantitative estimate of drug-likeness (QED) is 0.629. The first-order chi connectivity index (χ1) is 12.5. The zero-order valence-electron chi connectivity index (χ0n) is 15.5. The van der Waals surface area contributed by atoms with Crippen LogP contribution < -0.4 is 19.5 Å². The van der Waals surface area contributed by atoms with Crippen molar-refractivity contribution in [3.63, 3.8) is 0 Å². The van der Waals surface area contributed by atoms with Gasteiger partial charge < -0.3 is 29.2 Å². The molecular formula is C18H23BrN2O5. The number of rotatable bonds is 8. The molecule has 0 radical (unpaired) electrons. The maximum Gasteiger partial charge on any atom is 0.355 e. The summed E-state index contributed by atoms with van der Waals surface area (Å²) in [7, 11) is 6.50. The zero-order valence-corrected chi connectivity index (χ0v) is 17.1.